The van der Waals surface area contributed by atoms with E-state index < -0.39 is 11.4 Å². The van der Waals surface area contributed by atoms with E-state index in [1.54, 1.807) is 24.9 Å². The lowest BCUT2D eigenvalue weighted by molar-refractivity contribution is -0.183. The first-order valence-corrected chi connectivity index (χ1v) is 8.35. The first-order chi connectivity index (χ1) is 11.1. The van der Waals surface area contributed by atoms with E-state index in [2.05, 4.69) is 4.98 Å². The molecule has 134 valence electrons. The van der Waals surface area contributed by atoms with Gasteiger partial charge in [0.1, 0.15) is 5.60 Å². The molecular weight excluding hydrogens is 308 g/mol. The van der Waals surface area contributed by atoms with Crippen LogP contribution in [0.25, 0.3) is 0 Å². The fourth-order valence-electron chi connectivity index (χ4n) is 2.80. The summed E-state index contributed by atoms with van der Waals surface area (Å²) in [4.78, 5) is 18.8. The van der Waals surface area contributed by atoms with Gasteiger partial charge in [0.15, 0.2) is 5.79 Å². The molecule has 0 spiro atoms. The van der Waals surface area contributed by atoms with Crippen LogP contribution in [0.1, 0.15) is 59.2 Å². The van der Waals surface area contributed by atoms with E-state index in [1.807, 2.05) is 39.0 Å². The molecule has 2 rings (SSSR count). The first-order valence-electron chi connectivity index (χ1n) is 8.35. The van der Waals surface area contributed by atoms with Crippen molar-refractivity contribution in [1.29, 1.82) is 0 Å². The van der Waals surface area contributed by atoms with Crippen LogP contribution in [0.2, 0.25) is 0 Å². The van der Waals surface area contributed by atoms with Crippen molar-refractivity contribution in [3.05, 3.63) is 30.1 Å². The molecule has 1 aromatic rings. The van der Waals surface area contributed by atoms with Gasteiger partial charge < -0.3 is 14.6 Å². The minimum absolute atomic E-state index is 0.142. The minimum Gasteiger partial charge on any atom is -0.444 e. The van der Waals surface area contributed by atoms with Crippen molar-refractivity contribution < 1.29 is 19.4 Å². The average Bonchev–Trinajstić information content (AvgIpc) is 2.87. The molecule has 24 heavy (non-hydrogen) atoms. The minimum atomic E-state index is -1.23. The lowest BCUT2D eigenvalue weighted by Gasteiger charge is -2.33. The maximum Gasteiger partial charge on any atom is 0.411 e. The molecule has 2 heterocycles. The van der Waals surface area contributed by atoms with Crippen LogP contribution in [0.5, 0.6) is 0 Å². The lowest BCUT2D eigenvalue weighted by atomic mass is 10.1. The van der Waals surface area contributed by atoms with E-state index >= 15 is 0 Å². The Morgan fingerprint density at radius 2 is 2.00 bits per heavy atom. The van der Waals surface area contributed by atoms with Gasteiger partial charge in [-0.1, -0.05) is 6.07 Å². The highest BCUT2D eigenvalue weighted by atomic mass is 16.6. The number of pyridine rings is 1. The van der Waals surface area contributed by atoms with Crippen LogP contribution in [0.4, 0.5) is 4.79 Å². The van der Waals surface area contributed by atoms with Crippen LogP contribution in [0.3, 0.4) is 0 Å². The van der Waals surface area contributed by atoms with E-state index in [4.69, 9.17) is 9.47 Å². The normalized spacial score (nSPS) is 21.8. The number of likely N-dealkylation sites (tertiary alicyclic amines) is 1. The van der Waals surface area contributed by atoms with Gasteiger partial charge in [0.05, 0.1) is 24.4 Å². The monoisotopic (exact) mass is 336 g/mol. The Morgan fingerprint density at radius 1 is 1.29 bits per heavy atom. The van der Waals surface area contributed by atoms with Crippen molar-refractivity contribution in [2.75, 3.05) is 6.61 Å². The molecule has 1 aliphatic rings. The van der Waals surface area contributed by atoms with Gasteiger partial charge in [-0.3, -0.25) is 9.88 Å². The highest BCUT2D eigenvalue weighted by Gasteiger charge is 2.41. The van der Waals surface area contributed by atoms with E-state index in [0.717, 1.165) is 18.5 Å². The number of hydrogen-bond donors (Lipinski definition) is 1. The molecule has 0 unspecified atom stereocenters. The number of rotatable bonds is 4. The molecule has 6 heteroatoms. The summed E-state index contributed by atoms with van der Waals surface area (Å²) in [5.74, 6) is -1.23. The number of carbonyl (C=O) groups is 1. The van der Waals surface area contributed by atoms with Gasteiger partial charge in [-0.25, -0.2) is 4.79 Å². The molecule has 1 fully saturated rings. The third-order valence-electron chi connectivity index (χ3n) is 3.76. The van der Waals surface area contributed by atoms with Gasteiger partial charge in [0.2, 0.25) is 0 Å². The summed E-state index contributed by atoms with van der Waals surface area (Å²) in [7, 11) is 0. The molecule has 1 amide bonds. The molecule has 2 atom stereocenters. The Balaban J connectivity index is 2.20. The summed E-state index contributed by atoms with van der Waals surface area (Å²) in [5.41, 5.74) is 0.268. The van der Waals surface area contributed by atoms with E-state index in [-0.39, 0.29) is 24.8 Å². The summed E-state index contributed by atoms with van der Waals surface area (Å²) in [5, 5.41) is 9.80. The molecule has 1 aromatic heterocycles. The Bertz CT molecular complexity index is 548. The Kier molecular flexibility index (Phi) is 5.50. The van der Waals surface area contributed by atoms with Gasteiger partial charge in [-0.05, 0) is 59.6 Å². The van der Waals surface area contributed by atoms with E-state index in [1.165, 1.54) is 0 Å². The average molecular weight is 336 g/mol. The Morgan fingerprint density at radius 3 is 2.54 bits per heavy atom. The molecule has 1 aliphatic heterocycles. The van der Waals surface area contributed by atoms with Gasteiger partial charge in [0, 0.05) is 6.20 Å². The summed E-state index contributed by atoms with van der Waals surface area (Å²) in [6.07, 6.45) is 2.91. The molecule has 6 nitrogen and oxygen atoms in total. The van der Waals surface area contributed by atoms with Crippen LogP contribution in [-0.2, 0) is 9.47 Å². The van der Waals surface area contributed by atoms with Crippen molar-refractivity contribution in [3.63, 3.8) is 0 Å². The van der Waals surface area contributed by atoms with Crippen LogP contribution >= 0.6 is 0 Å². The topological polar surface area (TPSA) is 71.9 Å². The second-order valence-electron chi connectivity index (χ2n) is 7.65. The van der Waals surface area contributed by atoms with Crippen molar-refractivity contribution in [3.8, 4) is 0 Å². The van der Waals surface area contributed by atoms with Gasteiger partial charge in [-0.15, -0.1) is 0 Å². The maximum atomic E-state index is 12.7. The van der Waals surface area contributed by atoms with Gasteiger partial charge in [-0.2, -0.15) is 0 Å². The van der Waals surface area contributed by atoms with Gasteiger partial charge >= 0.3 is 6.09 Å². The molecular formula is C18H28N2O4. The maximum absolute atomic E-state index is 12.7. The molecule has 0 radical (unpaired) electrons. The summed E-state index contributed by atoms with van der Waals surface area (Å²) >= 11 is 0. The summed E-state index contributed by atoms with van der Waals surface area (Å²) in [6.45, 7) is 8.95. The molecule has 0 bridgehead atoms. The predicted molar refractivity (Wildman–Crippen MR) is 90.3 cm³/mol. The second-order valence-corrected chi connectivity index (χ2v) is 7.65. The standard InChI is InChI=1S/C18H28N2O4/c1-17(2,3)24-16(21)20-13(12-23-18(4,5)22)9-10-15(20)14-8-6-7-11-19-14/h6-8,11,13,15,22H,9-10,12H2,1-5H3/t13-,15+/m0/s1. The van der Waals surface area contributed by atoms with Crippen molar-refractivity contribution >= 4 is 6.09 Å². The third kappa shape index (κ3) is 5.18. The summed E-state index contributed by atoms with van der Waals surface area (Å²) in [6, 6.07) is 5.39. The molecule has 0 saturated carbocycles. The number of hydrogen-bond acceptors (Lipinski definition) is 5. The molecule has 1 saturated heterocycles. The van der Waals surface area contributed by atoms with Crippen molar-refractivity contribution in [1.82, 2.24) is 9.88 Å². The molecule has 0 aliphatic carbocycles. The van der Waals surface area contributed by atoms with Crippen LogP contribution in [0, 0.1) is 0 Å². The SMILES string of the molecule is CC(C)(C)OC(=O)N1[C@H](COC(C)(C)O)CC[C@@H]1c1ccccn1. The number of aromatic nitrogens is 1. The third-order valence-corrected chi connectivity index (χ3v) is 3.76. The zero-order valence-electron chi connectivity index (χ0n) is 15.2. The Labute approximate surface area is 143 Å². The highest BCUT2D eigenvalue weighted by molar-refractivity contribution is 5.69. The smallest absolute Gasteiger partial charge is 0.411 e. The molecule has 1 N–H and O–H groups in total. The number of carbonyl (C=O) groups excluding carboxylic acids is 1. The number of aliphatic hydroxyl groups is 1. The summed E-state index contributed by atoms with van der Waals surface area (Å²) < 4.78 is 11.1. The van der Waals surface area contributed by atoms with Crippen LogP contribution in [0.15, 0.2) is 24.4 Å². The molecule has 0 aromatic carbocycles. The first kappa shape index (κ1) is 18.7. The zero-order valence-corrected chi connectivity index (χ0v) is 15.2. The Hall–Kier alpha value is -1.66. The van der Waals surface area contributed by atoms with E-state index in [9.17, 15) is 9.90 Å². The highest BCUT2D eigenvalue weighted by Crippen LogP contribution is 2.36. The van der Waals surface area contributed by atoms with E-state index in [0.29, 0.717) is 0 Å². The fourth-order valence-corrected chi connectivity index (χ4v) is 2.80. The predicted octanol–water partition coefficient (Wildman–Crippen LogP) is 3.27. The lowest BCUT2D eigenvalue weighted by Crippen LogP contribution is -2.44. The zero-order chi connectivity index (χ0) is 18.0. The van der Waals surface area contributed by atoms with Crippen LogP contribution in [-0.4, -0.2) is 45.1 Å². The number of amides is 1. The number of ether oxygens (including phenoxy) is 2. The number of nitrogens with zero attached hydrogens (tertiary/aromatic N) is 2. The van der Waals surface area contributed by atoms with Crippen molar-refractivity contribution in [2.45, 2.75) is 70.9 Å². The second kappa shape index (κ2) is 7.07. The van der Waals surface area contributed by atoms with Crippen LogP contribution < -0.4 is 0 Å². The largest absolute Gasteiger partial charge is 0.444 e. The quantitative estimate of drug-likeness (QED) is 0.855. The van der Waals surface area contributed by atoms with Gasteiger partial charge in [0.25, 0.3) is 0 Å². The fraction of sp³-hybridized carbons (Fsp3) is 0.667. The van der Waals surface area contributed by atoms with Crippen molar-refractivity contribution in [2.24, 2.45) is 0 Å².